The third kappa shape index (κ3) is 4.06. The monoisotopic (exact) mass is 453 g/mol. The smallest absolute Gasteiger partial charge is 0.325 e. The molecular weight excluding hydrogens is 434 g/mol. The minimum Gasteiger partial charge on any atom is -0.343 e. The highest BCUT2D eigenvalue weighted by atomic mass is 35.5. The molecule has 1 aliphatic rings. The highest BCUT2D eigenvalue weighted by molar-refractivity contribution is 7.10. The molecule has 2 N–H and O–H groups in total. The number of rotatable bonds is 6. The first-order valence-electron chi connectivity index (χ1n) is 9.67. The van der Waals surface area contributed by atoms with Crippen molar-refractivity contribution in [3.8, 4) is 0 Å². The maximum atomic E-state index is 13.1. The Kier molecular flexibility index (Phi) is 5.80. The van der Waals surface area contributed by atoms with Gasteiger partial charge in [-0.05, 0) is 30.0 Å². The molecule has 0 aliphatic carbocycles. The number of urea groups is 1. The van der Waals surface area contributed by atoms with Gasteiger partial charge in [-0.3, -0.25) is 14.5 Å². The van der Waals surface area contributed by atoms with Gasteiger partial charge in [-0.15, -0.1) is 11.3 Å². The van der Waals surface area contributed by atoms with Gasteiger partial charge in [-0.2, -0.15) is 0 Å². The van der Waals surface area contributed by atoms with Crippen molar-refractivity contribution in [1.29, 1.82) is 0 Å². The summed E-state index contributed by atoms with van der Waals surface area (Å²) in [5, 5.41) is 7.94. The number of hydrogen-bond acceptors (Lipinski definition) is 4. The van der Waals surface area contributed by atoms with Crippen LogP contribution >= 0.6 is 22.9 Å². The van der Waals surface area contributed by atoms with E-state index in [9.17, 15) is 14.4 Å². The Morgan fingerprint density at radius 3 is 2.48 bits per heavy atom. The lowest BCUT2D eigenvalue weighted by molar-refractivity contribution is -0.135. The van der Waals surface area contributed by atoms with Crippen molar-refractivity contribution in [2.24, 2.45) is 0 Å². The minimum atomic E-state index is -1.33. The fraction of sp³-hybridized carbons (Fsp3) is 0.174. The molecule has 1 saturated heterocycles. The second kappa shape index (κ2) is 8.53. The molecule has 1 fully saturated rings. The fourth-order valence-corrected chi connectivity index (χ4v) is 4.79. The minimum absolute atomic E-state index is 0.367. The van der Waals surface area contributed by atoms with Gasteiger partial charge in [-0.1, -0.05) is 66.2 Å². The summed E-state index contributed by atoms with van der Waals surface area (Å²) < 4.78 is 0. The largest absolute Gasteiger partial charge is 0.343 e. The molecule has 1 aliphatic heterocycles. The molecule has 2 aromatic carbocycles. The summed E-state index contributed by atoms with van der Waals surface area (Å²) in [6.07, 6.45) is 0. The normalized spacial score (nSPS) is 19.2. The lowest BCUT2D eigenvalue weighted by atomic mass is 9.92. The molecule has 2 atom stereocenters. The van der Waals surface area contributed by atoms with Crippen molar-refractivity contribution in [2.75, 3.05) is 6.54 Å². The summed E-state index contributed by atoms with van der Waals surface area (Å²) >= 11 is 7.78. The first kappa shape index (κ1) is 21.1. The molecule has 0 saturated carbocycles. The predicted octanol–water partition coefficient (Wildman–Crippen LogP) is 4.07. The van der Waals surface area contributed by atoms with Gasteiger partial charge >= 0.3 is 6.03 Å². The van der Waals surface area contributed by atoms with Gasteiger partial charge in [0.25, 0.3) is 5.91 Å². The summed E-state index contributed by atoms with van der Waals surface area (Å²) in [4.78, 5) is 40.5. The Bertz CT molecular complexity index is 1120. The molecule has 0 spiro atoms. The average Bonchev–Trinajstić information content (AvgIpc) is 3.37. The highest BCUT2D eigenvalue weighted by Crippen LogP contribution is 2.33. The van der Waals surface area contributed by atoms with Crippen molar-refractivity contribution >= 4 is 40.8 Å². The van der Waals surface area contributed by atoms with Crippen molar-refractivity contribution in [3.05, 3.63) is 93.1 Å². The molecule has 4 rings (SSSR count). The van der Waals surface area contributed by atoms with Gasteiger partial charge in [-0.25, -0.2) is 4.79 Å². The van der Waals surface area contributed by atoms with Crippen molar-refractivity contribution in [3.63, 3.8) is 0 Å². The van der Waals surface area contributed by atoms with Gasteiger partial charge in [0.05, 0.1) is 6.04 Å². The molecule has 0 bridgehead atoms. The number of amides is 4. The summed E-state index contributed by atoms with van der Waals surface area (Å²) in [6.45, 7) is 1.20. The van der Waals surface area contributed by atoms with E-state index in [0.717, 1.165) is 15.3 Å². The van der Waals surface area contributed by atoms with Crippen LogP contribution in [0.1, 0.15) is 29.0 Å². The first-order chi connectivity index (χ1) is 14.9. The number of benzene rings is 2. The zero-order valence-electron chi connectivity index (χ0n) is 16.7. The molecule has 4 amide bonds. The predicted molar refractivity (Wildman–Crippen MR) is 120 cm³/mol. The van der Waals surface area contributed by atoms with Gasteiger partial charge in [0.2, 0.25) is 5.91 Å². The summed E-state index contributed by atoms with van der Waals surface area (Å²) in [7, 11) is 0. The topological polar surface area (TPSA) is 78.5 Å². The van der Waals surface area contributed by atoms with E-state index in [-0.39, 0.29) is 12.6 Å². The molecule has 8 heteroatoms. The number of hydrogen-bond donors (Lipinski definition) is 2. The number of carbonyl (C=O) groups excluding carboxylic acids is 3. The molecule has 0 radical (unpaired) electrons. The average molecular weight is 454 g/mol. The zero-order chi connectivity index (χ0) is 22.0. The van der Waals surface area contributed by atoms with Crippen LogP contribution in [0.2, 0.25) is 5.02 Å². The van der Waals surface area contributed by atoms with Gasteiger partial charge in [0.15, 0.2) is 0 Å². The third-order valence-electron chi connectivity index (χ3n) is 5.26. The Morgan fingerprint density at radius 1 is 1.10 bits per heavy atom. The maximum Gasteiger partial charge on any atom is 0.325 e. The van der Waals surface area contributed by atoms with Crippen molar-refractivity contribution in [1.82, 2.24) is 15.5 Å². The number of halogens is 1. The van der Waals surface area contributed by atoms with E-state index in [1.165, 1.54) is 11.3 Å². The number of carbonyl (C=O) groups is 3. The highest BCUT2D eigenvalue weighted by Gasteiger charge is 2.50. The van der Waals surface area contributed by atoms with Crippen LogP contribution in [0.25, 0.3) is 0 Å². The second-order valence-electron chi connectivity index (χ2n) is 7.35. The number of nitrogens with one attached hydrogen (secondary N) is 2. The SMILES string of the molecule is CC1(c2ccccc2Cl)NC(=O)N(CC(=O)NC(c2ccccc2)c2cccs2)C1=O. The lowest BCUT2D eigenvalue weighted by Gasteiger charge is -2.23. The number of thiophene rings is 1. The van der Waals surface area contributed by atoms with Crippen molar-refractivity contribution < 1.29 is 14.4 Å². The Morgan fingerprint density at radius 2 is 1.81 bits per heavy atom. The molecule has 2 unspecified atom stereocenters. The van der Waals surface area contributed by atoms with Crippen LogP contribution in [0.5, 0.6) is 0 Å². The first-order valence-corrected chi connectivity index (χ1v) is 10.9. The van der Waals surface area contributed by atoms with E-state index in [0.29, 0.717) is 10.6 Å². The van der Waals surface area contributed by atoms with Crippen LogP contribution < -0.4 is 10.6 Å². The van der Waals surface area contributed by atoms with E-state index in [2.05, 4.69) is 10.6 Å². The summed E-state index contributed by atoms with van der Waals surface area (Å²) in [6, 6.07) is 19.2. The summed E-state index contributed by atoms with van der Waals surface area (Å²) in [5.74, 6) is -0.956. The molecule has 2 heterocycles. The molecule has 158 valence electrons. The van der Waals surface area contributed by atoms with Crippen LogP contribution in [-0.2, 0) is 15.1 Å². The Labute approximate surface area is 188 Å². The van der Waals surface area contributed by atoms with Crippen LogP contribution in [0.4, 0.5) is 4.79 Å². The lowest BCUT2D eigenvalue weighted by Crippen LogP contribution is -2.44. The molecule has 31 heavy (non-hydrogen) atoms. The second-order valence-corrected chi connectivity index (χ2v) is 8.74. The van der Waals surface area contributed by atoms with Crippen molar-refractivity contribution in [2.45, 2.75) is 18.5 Å². The molecule has 1 aromatic heterocycles. The van der Waals surface area contributed by atoms with Gasteiger partial charge in [0.1, 0.15) is 12.1 Å². The number of nitrogens with zero attached hydrogens (tertiary/aromatic N) is 1. The quantitative estimate of drug-likeness (QED) is 0.552. The van der Waals surface area contributed by atoms with E-state index in [1.807, 2.05) is 47.8 Å². The van der Waals surface area contributed by atoms with E-state index >= 15 is 0 Å². The van der Waals surface area contributed by atoms with E-state index in [4.69, 9.17) is 11.6 Å². The standard InChI is InChI=1S/C23H20ClN3O3S/c1-23(16-10-5-6-11-17(16)24)21(29)27(22(30)26-23)14-19(28)25-20(18-12-7-13-31-18)15-8-3-2-4-9-15/h2-13,20H,14H2,1H3,(H,25,28)(H,26,30). The third-order valence-corrected chi connectivity index (χ3v) is 6.52. The fourth-order valence-electron chi connectivity index (χ4n) is 3.66. The molecular formula is C23H20ClN3O3S. The van der Waals surface area contributed by atoms with Gasteiger partial charge < -0.3 is 10.6 Å². The van der Waals surface area contributed by atoms with E-state index < -0.39 is 23.4 Å². The molecule has 3 aromatic rings. The van der Waals surface area contributed by atoms with Crippen LogP contribution in [0.3, 0.4) is 0 Å². The van der Waals surface area contributed by atoms with Crippen LogP contribution in [0.15, 0.2) is 72.1 Å². The van der Waals surface area contributed by atoms with Gasteiger partial charge in [0, 0.05) is 15.5 Å². The van der Waals surface area contributed by atoms with Crippen LogP contribution in [-0.4, -0.2) is 29.3 Å². The Hall–Kier alpha value is -3.16. The molecule has 6 nitrogen and oxygen atoms in total. The number of imide groups is 1. The van der Waals surface area contributed by atoms with Crippen LogP contribution in [0, 0.1) is 0 Å². The Balaban J connectivity index is 1.53. The van der Waals surface area contributed by atoms with E-state index in [1.54, 1.807) is 31.2 Å². The summed E-state index contributed by atoms with van der Waals surface area (Å²) in [5.41, 5.74) is 0.0672. The maximum absolute atomic E-state index is 13.1. The zero-order valence-corrected chi connectivity index (χ0v) is 18.2.